The first kappa shape index (κ1) is 23.6. The van der Waals surface area contributed by atoms with Gasteiger partial charge in [0.05, 0.1) is 0 Å². The average molecular weight is 428 g/mol. The lowest BCUT2D eigenvalue weighted by Crippen LogP contribution is -2.05. The van der Waals surface area contributed by atoms with E-state index < -0.39 is 11.6 Å². The minimum absolute atomic E-state index is 0.169. The summed E-state index contributed by atoms with van der Waals surface area (Å²) in [7, 11) is 0. The van der Waals surface area contributed by atoms with Crippen molar-refractivity contribution in [1.82, 2.24) is 0 Å². The highest BCUT2D eigenvalue weighted by atomic mass is 35.5. The van der Waals surface area contributed by atoms with Crippen LogP contribution in [-0.4, -0.2) is 6.54 Å². The van der Waals surface area contributed by atoms with Gasteiger partial charge in [0, 0.05) is 22.8 Å². The highest BCUT2D eigenvalue weighted by molar-refractivity contribution is 6.30. The van der Waals surface area contributed by atoms with Gasteiger partial charge < -0.3 is 5.32 Å². The second-order valence-corrected chi connectivity index (χ2v) is 7.49. The molecule has 0 saturated heterocycles. The molecule has 0 aliphatic heterocycles. The maximum absolute atomic E-state index is 12.6. The Bertz CT molecular complexity index is 991. The Morgan fingerprint density at radius 2 is 1.63 bits per heavy atom. The number of aryl methyl sites for hydroxylation is 2. The largest absolute Gasteiger partial charge is 0.381 e. The molecular weight excluding hydrogens is 400 g/mol. The van der Waals surface area contributed by atoms with Crippen LogP contribution in [0.5, 0.6) is 0 Å². The molecule has 0 bridgehead atoms. The Kier molecular flexibility index (Phi) is 9.07. The summed E-state index contributed by atoms with van der Waals surface area (Å²) in [6.07, 6.45) is 2.54. The summed E-state index contributed by atoms with van der Waals surface area (Å²) >= 11 is 6.11. The molecule has 3 aromatic rings. The van der Waals surface area contributed by atoms with E-state index in [9.17, 15) is 8.78 Å². The average Bonchev–Trinajstić information content (AvgIpc) is 2.72. The topological polar surface area (TPSA) is 12.0 Å². The third-order valence-corrected chi connectivity index (χ3v) is 5.05. The lowest BCUT2D eigenvalue weighted by molar-refractivity contribution is 0.559. The van der Waals surface area contributed by atoms with Crippen LogP contribution in [0.15, 0.2) is 66.7 Å². The van der Waals surface area contributed by atoms with Gasteiger partial charge in [-0.25, -0.2) is 8.78 Å². The molecule has 0 unspecified atom stereocenters. The van der Waals surface area contributed by atoms with E-state index in [0.717, 1.165) is 17.3 Å². The molecule has 0 aromatic heterocycles. The maximum Gasteiger partial charge on any atom is 0.129 e. The second kappa shape index (κ2) is 11.5. The number of rotatable bonds is 5. The third kappa shape index (κ3) is 6.70. The van der Waals surface area contributed by atoms with Crippen molar-refractivity contribution in [2.75, 3.05) is 11.9 Å². The van der Waals surface area contributed by atoms with Crippen LogP contribution in [-0.2, 0) is 6.42 Å². The molecule has 0 atom stereocenters. The van der Waals surface area contributed by atoms with E-state index in [1.807, 2.05) is 12.1 Å². The van der Waals surface area contributed by atoms with Crippen LogP contribution in [0.3, 0.4) is 0 Å². The van der Waals surface area contributed by atoms with E-state index in [2.05, 4.69) is 62.5 Å². The molecule has 1 nitrogen and oxygen atoms in total. The Labute approximate surface area is 183 Å². The number of hydrogen-bond donors (Lipinski definition) is 1. The molecule has 0 heterocycles. The zero-order valence-electron chi connectivity index (χ0n) is 17.9. The number of benzene rings is 3. The van der Waals surface area contributed by atoms with Crippen LogP contribution >= 0.6 is 11.6 Å². The first-order chi connectivity index (χ1) is 14.3. The van der Waals surface area contributed by atoms with E-state index >= 15 is 0 Å². The van der Waals surface area contributed by atoms with Crippen molar-refractivity contribution in [2.45, 2.75) is 34.1 Å². The molecule has 0 aliphatic carbocycles. The minimum atomic E-state index is -0.456. The molecule has 4 heteroatoms. The molecule has 0 radical (unpaired) electrons. The predicted octanol–water partition coefficient (Wildman–Crippen LogP) is 8.00. The molecule has 3 rings (SSSR count). The van der Waals surface area contributed by atoms with E-state index in [-0.39, 0.29) is 5.56 Å². The van der Waals surface area contributed by atoms with Gasteiger partial charge in [0.2, 0.25) is 0 Å². The summed E-state index contributed by atoms with van der Waals surface area (Å²) in [6.45, 7) is 8.79. The van der Waals surface area contributed by atoms with Crippen molar-refractivity contribution in [1.29, 1.82) is 0 Å². The molecular formula is C26H28ClF2N. The normalized spacial score (nSPS) is 11.0. The smallest absolute Gasteiger partial charge is 0.129 e. The Balaban J connectivity index is 0.000000269. The summed E-state index contributed by atoms with van der Waals surface area (Å²) in [5.41, 5.74) is 6.28. The van der Waals surface area contributed by atoms with Gasteiger partial charge in [0.25, 0.3) is 0 Å². The van der Waals surface area contributed by atoms with E-state index in [0.29, 0.717) is 6.42 Å². The molecule has 3 aromatic carbocycles. The number of allylic oxidation sites excluding steroid dienone is 1. The summed E-state index contributed by atoms with van der Waals surface area (Å²) in [5.74, 6) is -0.912. The molecule has 158 valence electrons. The van der Waals surface area contributed by atoms with Crippen molar-refractivity contribution < 1.29 is 8.78 Å². The van der Waals surface area contributed by atoms with Crippen LogP contribution < -0.4 is 5.32 Å². The van der Waals surface area contributed by atoms with Crippen LogP contribution in [0.2, 0.25) is 5.02 Å². The molecule has 0 amide bonds. The fraction of sp³-hybridized carbons (Fsp3) is 0.231. The van der Waals surface area contributed by atoms with Crippen LogP contribution in [0.1, 0.15) is 36.1 Å². The van der Waals surface area contributed by atoms with Gasteiger partial charge in [-0.05, 0) is 85.9 Å². The highest BCUT2D eigenvalue weighted by Gasteiger charge is 2.06. The quantitative estimate of drug-likeness (QED) is 0.435. The van der Waals surface area contributed by atoms with Gasteiger partial charge in [-0.1, -0.05) is 48.9 Å². The fourth-order valence-corrected chi connectivity index (χ4v) is 3.29. The Morgan fingerprint density at radius 3 is 2.20 bits per heavy atom. The Morgan fingerprint density at radius 1 is 0.967 bits per heavy atom. The maximum atomic E-state index is 12.6. The lowest BCUT2D eigenvalue weighted by atomic mass is 10.0. The van der Waals surface area contributed by atoms with Crippen molar-refractivity contribution >= 4 is 22.9 Å². The Hall–Kier alpha value is -2.65. The highest BCUT2D eigenvalue weighted by Crippen LogP contribution is 2.23. The van der Waals surface area contributed by atoms with Gasteiger partial charge in [-0.2, -0.15) is 0 Å². The summed E-state index contributed by atoms with van der Waals surface area (Å²) in [4.78, 5) is 0. The van der Waals surface area contributed by atoms with Gasteiger partial charge in [-0.3, -0.25) is 0 Å². The van der Waals surface area contributed by atoms with Crippen molar-refractivity contribution in [3.63, 3.8) is 0 Å². The van der Waals surface area contributed by atoms with Crippen LogP contribution in [0.25, 0.3) is 5.57 Å². The predicted molar refractivity (Wildman–Crippen MR) is 125 cm³/mol. The van der Waals surface area contributed by atoms with Crippen LogP contribution in [0.4, 0.5) is 14.5 Å². The van der Waals surface area contributed by atoms with E-state index in [4.69, 9.17) is 11.6 Å². The number of anilines is 1. The van der Waals surface area contributed by atoms with Gasteiger partial charge in [0.15, 0.2) is 0 Å². The third-order valence-electron chi connectivity index (χ3n) is 4.81. The van der Waals surface area contributed by atoms with Crippen molar-refractivity contribution in [2.24, 2.45) is 0 Å². The molecule has 0 spiro atoms. The molecule has 0 aliphatic rings. The van der Waals surface area contributed by atoms with E-state index in [1.165, 1.54) is 40.5 Å². The molecule has 1 N–H and O–H groups in total. The van der Waals surface area contributed by atoms with Crippen LogP contribution in [0, 0.1) is 25.5 Å². The lowest BCUT2D eigenvalue weighted by Gasteiger charge is -2.13. The molecule has 30 heavy (non-hydrogen) atoms. The summed E-state index contributed by atoms with van der Waals surface area (Å²) in [6, 6.07) is 18.3. The number of halogens is 3. The monoisotopic (exact) mass is 427 g/mol. The molecule has 0 saturated carbocycles. The SMILES string of the molecule is C/C=C(/CNc1cccc(C)c1)c1cc(Cl)ccc1C.CCc1c(F)cccc1F. The zero-order chi connectivity index (χ0) is 22.1. The van der Waals surface area contributed by atoms with Crippen molar-refractivity contribution in [3.8, 4) is 0 Å². The van der Waals surface area contributed by atoms with Gasteiger partial charge >= 0.3 is 0 Å². The van der Waals surface area contributed by atoms with Crippen molar-refractivity contribution in [3.05, 3.63) is 106 Å². The first-order valence-electron chi connectivity index (χ1n) is 10.0. The molecule has 0 fully saturated rings. The summed E-state index contributed by atoms with van der Waals surface area (Å²) in [5, 5.41) is 4.25. The van der Waals surface area contributed by atoms with Gasteiger partial charge in [-0.15, -0.1) is 0 Å². The zero-order valence-corrected chi connectivity index (χ0v) is 18.7. The minimum Gasteiger partial charge on any atom is -0.381 e. The van der Waals surface area contributed by atoms with E-state index in [1.54, 1.807) is 6.92 Å². The fourth-order valence-electron chi connectivity index (χ4n) is 3.12. The first-order valence-corrected chi connectivity index (χ1v) is 10.4. The summed E-state index contributed by atoms with van der Waals surface area (Å²) < 4.78 is 25.2. The number of hydrogen-bond acceptors (Lipinski definition) is 1. The number of nitrogens with one attached hydrogen (secondary N) is 1. The van der Waals surface area contributed by atoms with Gasteiger partial charge in [0.1, 0.15) is 11.6 Å². The standard InChI is InChI=1S/C18H20ClN.C8H8F2/c1-4-15(18-11-16(19)9-8-14(18)3)12-20-17-7-5-6-13(2)10-17;1-2-6-7(9)4-3-5-8(6)10/h4-11,20H,12H2,1-3H3;3-5H,2H2,1H3/b15-4-;. The second-order valence-electron chi connectivity index (χ2n) is 7.05.